The largest absolute Gasteiger partial charge is 0.192 e. The summed E-state index contributed by atoms with van der Waals surface area (Å²) in [5, 5.41) is 8.77. The van der Waals surface area contributed by atoms with Crippen molar-refractivity contribution in [3.63, 3.8) is 0 Å². The van der Waals surface area contributed by atoms with Gasteiger partial charge in [-0.05, 0) is 37.5 Å². The quantitative estimate of drug-likeness (QED) is 0.592. The fourth-order valence-electron chi connectivity index (χ4n) is 1.12. The van der Waals surface area contributed by atoms with Crippen LogP contribution in [-0.2, 0) is 0 Å². The number of hydrogen-bond donors (Lipinski definition) is 0. The number of nitriles is 1. The Balaban J connectivity index is 0.000000671. The van der Waals surface area contributed by atoms with Gasteiger partial charge in [0, 0.05) is 0 Å². The maximum absolute atomic E-state index is 8.77. The van der Waals surface area contributed by atoms with Crippen molar-refractivity contribution < 1.29 is 0 Å². The molecule has 0 unspecified atom stereocenters. The van der Waals surface area contributed by atoms with Gasteiger partial charge in [0.15, 0.2) is 0 Å². The molecule has 1 nitrogen and oxygen atoms in total. The van der Waals surface area contributed by atoms with Crippen LogP contribution < -0.4 is 0 Å². The van der Waals surface area contributed by atoms with E-state index in [1.54, 1.807) is 0 Å². The third-order valence-electron chi connectivity index (χ3n) is 2.06. The number of hydrogen-bond acceptors (Lipinski definition) is 1. The van der Waals surface area contributed by atoms with Crippen molar-refractivity contribution in [1.82, 2.24) is 0 Å². The highest BCUT2D eigenvalue weighted by molar-refractivity contribution is 5.46. The third kappa shape index (κ3) is 2.59. The molecule has 0 aliphatic carbocycles. The average molecular weight is 175 g/mol. The summed E-state index contributed by atoms with van der Waals surface area (Å²) in [6.07, 6.45) is 0. The first kappa shape index (κ1) is 11.7. The lowest BCUT2D eigenvalue weighted by Crippen LogP contribution is -1.90. The van der Waals surface area contributed by atoms with Crippen molar-refractivity contribution in [3.8, 4) is 6.07 Å². The van der Waals surface area contributed by atoms with Gasteiger partial charge in [0.1, 0.15) is 0 Å². The first-order chi connectivity index (χ1) is 6.16. The number of nitrogens with zero attached hydrogens (tertiary/aromatic N) is 1. The monoisotopic (exact) mass is 175 g/mol. The van der Waals surface area contributed by atoms with Gasteiger partial charge in [0.2, 0.25) is 0 Å². The predicted molar refractivity (Wildman–Crippen MR) is 56.7 cm³/mol. The van der Waals surface area contributed by atoms with E-state index in [1.165, 1.54) is 5.56 Å². The first-order valence-corrected chi connectivity index (χ1v) is 4.63. The minimum absolute atomic E-state index is 0.824. The molecule has 1 rings (SSSR count). The molecule has 0 saturated carbocycles. The summed E-state index contributed by atoms with van der Waals surface area (Å²) in [5.41, 5.74) is 4.18. The van der Waals surface area contributed by atoms with Crippen LogP contribution in [0.25, 0.3) is 0 Å². The summed E-state index contributed by atoms with van der Waals surface area (Å²) in [4.78, 5) is 0. The minimum atomic E-state index is 0.824. The van der Waals surface area contributed by atoms with Crippen LogP contribution in [-0.4, -0.2) is 0 Å². The maximum Gasteiger partial charge on any atom is 0.0997 e. The molecule has 0 radical (unpaired) electrons. The predicted octanol–water partition coefficient (Wildman–Crippen LogP) is 3.51. The molecule has 13 heavy (non-hydrogen) atoms. The van der Waals surface area contributed by atoms with E-state index in [4.69, 9.17) is 5.26 Å². The van der Waals surface area contributed by atoms with Crippen LogP contribution in [0.5, 0.6) is 0 Å². The van der Waals surface area contributed by atoms with Gasteiger partial charge in [-0.25, -0.2) is 0 Å². The Morgan fingerprint density at radius 2 is 1.46 bits per heavy atom. The Labute approximate surface area is 81.0 Å². The molecule has 0 aliphatic heterocycles. The van der Waals surface area contributed by atoms with Crippen LogP contribution in [0.1, 0.15) is 36.1 Å². The van der Waals surface area contributed by atoms with Crippen molar-refractivity contribution in [1.29, 1.82) is 5.26 Å². The third-order valence-corrected chi connectivity index (χ3v) is 2.06. The van der Waals surface area contributed by atoms with E-state index in [0.29, 0.717) is 0 Å². The molecule has 0 bridgehead atoms. The zero-order valence-electron chi connectivity index (χ0n) is 9.10. The SMILES string of the molecule is CC.Cc1ccc(C)c(C#N)c1C. The van der Waals surface area contributed by atoms with E-state index in [0.717, 1.165) is 16.7 Å². The Hall–Kier alpha value is -1.29. The molecule has 0 aliphatic rings. The van der Waals surface area contributed by atoms with Gasteiger partial charge in [-0.2, -0.15) is 5.26 Å². The van der Waals surface area contributed by atoms with Gasteiger partial charge in [0.05, 0.1) is 11.6 Å². The van der Waals surface area contributed by atoms with Gasteiger partial charge in [-0.3, -0.25) is 0 Å². The molecule has 70 valence electrons. The van der Waals surface area contributed by atoms with Crippen LogP contribution in [0.3, 0.4) is 0 Å². The molecule has 0 heterocycles. The molecule has 0 aromatic heterocycles. The van der Waals surface area contributed by atoms with Crippen LogP contribution in [0, 0.1) is 32.1 Å². The molecule has 1 heteroatoms. The van der Waals surface area contributed by atoms with E-state index in [9.17, 15) is 0 Å². The highest BCUT2D eigenvalue weighted by Gasteiger charge is 2.02. The lowest BCUT2D eigenvalue weighted by atomic mass is 10.00. The molecular weight excluding hydrogens is 158 g/mol. The molecule has 1 aromatic carbocycles. The van der Waals surface area contributed by atoms with E-state index in [2.05, 4.69) is 6.07 Å². The summed E-state index contributed by atoms with van der Waals surface area (Å²) < 4.78 is 0. The lowest BCUT2D eigenvalue weighted by Gasteiger charge is -2.03. The van der Waals surface area contributed by atoms with Crippen LogP contribution in [0.15, 0.2) is 12.1 Å². The van der Waals surface area contributed by atoms with Gasteiger partial charge < -0.3 is 0 Å². The van der Waals surface area contributed by atoms with Crippen molar-refractivity contribution in [2.75, 3.05) is 0 Å². The van der Waals surface area contributed by atoms with E-state index in [1.807, 2.05) is 46.8 Å². The van der Waals surface area contributed by atoms with Gasteiger partial charge >= 0.3 is 0 Å². The summed E-state index contributed by atoms with van der Waals surface area (Å²) in [5.74, 6) is 0. The highest BCUT2D eigenvalue weighted by atomic mass is 14.2. The van der Waals surface area contributed by atoms with Gasteiger partial charge in [-0.15, -0.1) is 0 Å². The minimum Gasteiger partial charge on any atom is -0.192 e. The molecule has 0 fully saturated rings. The molecular formula is C12H17N. The molecule has 0 spiro atoms. The fourth-order valence-corrected chi connectivity index (χ4v) is 1.12. The van der Waals surface area contributed by atoms with Crippen molar-refractivity contribution in [2.45, 2.75) is 34.6 Å². The first-order valence-electron chi connectivity index (χ1n) is 4.63. The van der Waals surface area contributed by atoms with Crippen molar-refractivity contribution in [3.05, 3.63) is 34.4 Å². The summed E-state index contributed by atoms with van der Waals surface area (Å²) >= 11 is 0. The average Bonchev–Trinajstić information content (AvgIpc) is 2.16. The summed E-state index contributed by atoms with van der Waals surface area (Å²) in [6, 6.07) is 6.24. The van der Waals surface area contributed by atoms with Crippen LogP contribution in [0.4, 0.5) is 0 Å². The molecule has 0 amide bonds. The molecule has 0 atom stereocenters. The zero-order valence-corrected chi connectivity index (χ0v) is 9.10. The summed E-state index contributed by atoms with van der Waals surface area (Å²) in [7, 11) is 0. The van der Waals surface area contributed by atoms with Crippen LogP contribution in [0.2, 0.25) is 0 Å². The second-order valence-electron chi connectivity index (χ2n) is 2.81. The Bertz CT molecular complexity index is 319. The number of aryl methyl sites for hydroxylation is 2. The smallest absolute Gasteiger partial charge is 0.0997 e. The molecule has 0 N–H and O–H groups in total. The van der Waals surface area contributed by atoms with E-state index in [-0.39, 0.29) is 0 Å². The normalized spacial score (nSPS) is 8.31. The highest BCUT2D eigenvalue weighted by Crippen LogP contribution is 2.15. The van der Waals surface area contributed by atoms with Crippen molar-refractivity contribution >= 4 is 0 Å². The Morgan fingerprint density at radius 3 is 1.85 bits per heavy atom. The van der Waals surface area contributed by atoms with Crippen molar-refractivity contribution in [2.24, 2.45) is 0 Å². The second-order valence-corrected chi connectivity index (χ2v) is 2.81. The van der Waals surface area contributed by atoms with E-state index >= 15 is 0 Å². The van der Waals surface area contributed by atoms with Gasteiger partial charge in [-0.1, -0.05) is 26.0 Å². The zero-order chi connectivity index (χ0) is 10.4. The number of rotatable bonds is 0. The van der Waals surface area contributed by atoms with E-state index < -0.39 is 0 Å². The van der Waals surface area contributed by atoms with Gasteiger partial charge in [0.25, 0.3) is 0 Å². The number of benzene rings is 1. The molecule has 1 aromatic rings. The molecule has 0 saturated heterocycles. The summed E-state index contributed by atoms with van der Waals surface area (Å²) in [6.45, 7) is 9.97. The lowest BCUT2D eigenvalue weighted by molar-refractivity contribution is 1.26. The fraction of sp³-hybridized carbons (Fsp3) is 0.417. The Morgan fingerprint density at radius 1 is 1.00 bits per heavy atom. The Kier molecular flexibility index (Phi) is 4.84. The standard InChI is InChI=1S/C10H11N.C2H6/c1-7-4-5-8(2)10(6-11)9(7)3;1-2/h4-5H,1-3H3;1-2H3. The maximum atomic E-state index is 8.77. The second kappa shape index (κ2) is 5.37. The van der Waals surface area contributed by atoms with Crippen LogP contribution >= 0.6 is 0 Å². The topological polar surface area (TPSA) is 23.8 Å².